The van der Waals surface area contributed by atoms with E-state index in [1.54, 1.807) is 0 Å². The summed E-state index contributed by atoms with van der Waals surface area (Å²) < 4.78 is 0. The zero-order valence-electron chi connectivity index (χ0n) is 11.3. The summed E-state index contributed by atoms with van der Waals surface area (Å²) in [7, 11) is 2.21. The van der Waals surface area contributed by atoms with Crippen LogP contribution >= 0.6 is 11.6 Å². The van der Waals surface area contributed by atoms with Gasteiger partial charge in [-0.15, -0.1) is 0 Å². The van der Waals surface area contributed by atoms with Crippen molar-refractivity contribution in [1.82, 2.24) is 10.2 Å². The van der Waals surface area contributed by atoms with Crippen molar-refractivity contribution >= 4 is 11.6 Å². The molecule has 0 aliphatic carbocycles. The molecule has 0 spiro atoms. The van der Waals surface area contributed by atoms with Crippen LogP contribution in [0, 0.1) is 5.92 Å². The molecule has 1 saturated heterocycles. The highest BCUT2D eigenvalue weighted by Gasteiger charge is 2.32. The van der Waals surface area contributed by atoms with Crippen molar-refractivity contribution in [2.75, 3.05) is 26.7 Å². The third-order valence-corrected chi connectivity index (χ3v) is 4.03. The standard InChI is InChI=1S/C15H23ClN2/c1-3-8-17-11-13-7-9-18(2)15(13)12-5-4-6-14(16)10-12/h4-6,10,13,15,17H,3,7-9,11H2,1-2H3. The highest BCUT2D eigenvalue weighted by atomic mass is 35.5. The molecular formula is C15H23ClN2. The summed E-state index contributed by atoms with van der Waals surface area (Å²) in [4.78, 5) is 2.45. The molecule has 1 aromatic carbocycles. The first kappa shape index (κ1) is 13.9. The largest absolute Gasteiger partial charge is 0.316 e. The second-order valence-electron chi connectivity index (χ2n) is 5.23. The molecule has 1 aromatic rings. The molecule has 2 nitrogen and oxygen atoms in total. The predicted molar refractivity (Wildman–Crippen MR) is 78.1 cm³/mol. The Bertz CT molecular complexity index is 381. The van der Waals surface area contributed by atoms with Gasteiger partial charge in [-0.25, -0.2) is 0 Å². The molecule has 2 rings (SSSR count). The Morgan fingerprint density at radius 1 is 1.44 bits per heavy atom. The van der Waals surface area contributed by atoms with Gasteiger partial charge in [-0.3, -0.25) is 4.90 Å². The molecule has 1 heterocycles. The molecule has 0 aromatic heterocycles. The molecule has 0 radical (unpaired) electrons. The van der Waals surface area contributed by atoms with Crippen LogP contribution < -0.4 is 5.32 Å². The van der Waals surface area contributed by atoms with Crippen molar-refractivity contribution < 1.29 is 0 Å². The number of benzene rings is 1. The minimum Gasteiger partial charge on any atom is -0.316 e. The van der Waals surface area contributed by atoms with Crippen molar-refractivity contribution in [2.45, 2.75) is 25.8 Å². The lowest BCUT2D eigenvalue weighted by Gasteiger charge is -2.26. The van der Waals surface area contributed by atoms with Gasteiger partial charge in [-0.2, -0.15) is 0 Å². The summed E-state index contributed by atoms with van der Waals surface area (Å²) in [5.74, 6) is 0.694. The van der Waals surface area contributed by atoms with Gasteiger partial charge < -0.3 is 5.32 Å². The van der Waals surface area contributed by atoms with Crippen LogP contribution in [0.15, 0.2) is 24.3 Å². The Labute approximate surface area is 115 Å². The van der Waals surface area contributed by atoms with Crippen molar-refractivity contribution in [1.29, 1.82) is 0 Å². The molecular weight excluding hydrogens is 244 g/mol. The van der Waals surface area contributed by atoms with Crippen LogP contribution in [0.5, 0.6) is 0 Å². The monoisotopic (exact) mass is 266 g/mol. The summed E-state index contributed by atoms with van der Waals surface area (Å²) in [6.07, 6.45) is 2.47. The van der Waals surface area contributed by atoms with E-state index in [1.807, 2.05) is 6.07 Å². The van der Waals surface area contributed by atoms with Crippen LogP contribution in [0.2, 0.25) is 5.02 Å². The first-order chi connectivity index (χ1) is 8.72. The third kappa shape index (κ3) is 3.25. The molecule has 1 fully saturated rings. The van der Waals surface area contributed by atoms with E-state index in [4.69, 9.17) is 11.6 Å². The minimum atomic E-state index is 0.507. The Hall–Kier alpha value is -0.570. The summed E-state index contributed by atoms with van der Waals surface area (Å²) in [6.45, 7) is 5.61. The zero-order chi connectivity index (χ0) is 13.0. The molecule has 1 aliphatic rings. The van der Waals surface area contributed by atoms with E-state index in [-0.39, 0.29) is 0 Å². The maximum atomic E-state index is 6.11. The zero-order valence-corrected chi connectivity index (χ0v) is 12.1. The average Bonchev–Trinajstić information content (AvgIpc) is 2.71. The second-order valence-corrected chi connectivity index (χ2v) is 5.67. The summed E-state index contributed by atoms with van der Waals surface area (Å²) in [6, 6.07) is 8.82. The van der Waals surface area contributed by atoms with Crippen molar-refractivity contribution in [3.8, 4) is 0 Å². The lowest BCUT2D eigenvalue weighted by Crippen LogP contribution is -2.28. The van der Waals surface area contributed by atoms with E-state index in [0.29, 0.717) is 12.0 Å². The Morgan fingerprint density at radius 2 is 2.28 bits per heavy atom. The number of nitrogens with one attached hydrogen (secondary N) is 1. The van der Waals surface area contributed by atoms with E-state index in [9.17, 15) is 0 Å². The van der Waals surface area contributed by atoms with Gasteiger partial charge in [0.25, 0.3) is 0 Å². The van der Waals surface area contributed by atoms with Crippen LogP contribution in [-0.2, 0) is 0 Å². The van der Waals surface area contributed by atoms with Gasteiger partial charge in [0, 0.05) is 11.1 Å². The lowest BCUT2D eigenvalue weighted by molar-refractivity contribution is 0.272. The minimum absolute atomic E-state index is 0.507. The van der Waals surface area contributed by atoms with Gasteiger partial charge in [-0.1, -0.05) is 30.7 Å². The normalized spacial score (nSPS) is 24.6. The van der Waals surface area contributed by atoms with Gasteiger partial charge in [0.1, 0.15) is 0 Å². The van der Waals surface area contributed by atoms with Crippen LogP contribution in [0.25, 0.3) is 0 Å². The van der Waals surface area contributed by atoms with Crippen molar-refractivity contribution in [3.05, 3.63) is 34.9 Å². The molecule has 100 valence electrons. The van der Waals surface area contributed by atoms with Crippen LogP contribution in [-0.4, -0.2) is 31.6 Å². The first-order valence-electron chi connectivity index (χ1n) is 6.88. The van der Waals surface area contributed by atoms with Crippen LogP contribution in [0.1, 0.15) is 31.4 Å². The molecule has 3 heteroatoms. The predicted octanol–water partition coefficient (Wildman–Crippen LogP) is 3.33. The van der Waals surface area contributed by atoms with E-state index in [0.717, 1.165) is 18.1 Å². The number of hydrogen-bond donors (Lipinski definition) is 1. The Kier molecular flexibility index (Phi) is 5.04. The number of halogens is 1. The molecule has 0 saturated carbocycles. The van der Waals surface area contributed by atoms with Crippen LogP contribution in [0.3, 0.4) is 0 Å². The summed E-state index contributed by atoms with van der Waals surface area (Å²) >= 11 is 6.11. The van der Waals surface area contributed by atoms with Crippen molar-refractivity contribution in [3.63, 3.8) is 0 Å². The van der Waals surface area contributed by atoms with Gasteiger partial charge in [0.05, 0.1) is 0 Å². The fourth-order valence-electron chi connectivity index (χ4n) is 2.92. The van der Waals surface area contributed by atoms with Crippen LogP contribution in [0.4, 0.5) is 0 Å². The fourth-order valence-corrected chi connectivity index (χ4v) is 3.12. The molecule has 2 unspecified atom stereocenters. The number of nitrogens with zero attached hydrogens (tertiary/aromatic N) is 1. The van der Waals surface area contributed by atoms with Gasteiger partial charge in [0.2, 0.25) is 0 Å². The highest BCUT2D eigenvalue weighted by Crippen LogP contribution is 2.36. The SMILES string of the molecule is CCCNCC1CCN(C)C1c1cccc(Cl)c1. The van der Waals surface area contributed by atoms with E-state index >= 15 is 0 Å². The quantitative estimate of drug-likeness (QED) is 0.823. The van der Waals surface area contributed by atoms with Crippen molar-refractivity contribution in [2.24, 2.45) is 5.92 Å². The second kappa shape index (κ2) is 6.55. The van der Waals surface area contributed by atoms with Gasteiger partial charge in [0.15, 0.2) is 0 Å². The maximum Gasteiger partial charge on any atom is 0.0409 e. The molecule has 18 heavy (non-hydrogen) atoms. The fraction of sp³-hybridized carbons (Fsp3) is 0.600. The summed E-state index contributed by atoms with van der Waals surface area (Å²) in [5.41, 5.74) is 1.35. The van der Waals surface area contributed by atoms with E-state index in [2.05, 4.69) is 42.4 Å². The number of likely N-dealkylation sites (tertiary alicyclic amines) is 1. The number of hydrogen-bond acceptors (Lipinski definition) is 2. The van der Waals surface area contributed by atoms with E-state index in [1.165, 1.54) is 24.9 Å². The lowest BCUT2D eigenvalue weighted by atomic mass is 9.93. The highest BCUT2D eigenvalue weighted by molar-refractivity contribution is 6.30. The van der Waals surface area contributed by atoms with E-state index < -0.39 is 0 Å². The maximum absolute atomic E-state index is 6.11. The smallest absolute Gasteiger partial charge is 0.0409 e. The average molecular weight is 267 g/mol. The molecule has 0 bridgehead atoms. The molecule has 1 aliphatic heterocycles. The number of rotatable bonds is 5. The molecule has 1 N–H and O–H groups in total. The Morgan fingerprint density at radius 3 is 3.00 bits per heavy atom. The van der Waals surface area contributed by atoms with Gasteiger partial charge >= 0.3 is 0 Å². The molecule has 2 atom stereocenters. The summed E-state index contributed by atoms with van der Waals surface area (Å²) in [5, 5.41) is 4.39. The first-order valence-corrected chi connectivity index (χ1v) is 7.26. The molecule has 0 amide bonds. The van der Waals surface area contributed by atoms with Gasteiger partial charge in [-0.05, 0) is 63.1 Å². The Balaban J connectivity index is 2.07. The third-order valence-electron chi connectivity index (χ3n) is 3.80. The topological polar surface area (TPSA) is 15.3 Å².